The number of sulfonamides is 1. The van der Waals surface area contributed by atoms with Gasteiger partial charge in [0.2, 0.25) is 11.8 Å². The number of methoxy groups -OCH3 is 1. The molecule has 38 heavy (non-hydrogen) atoms. The van der Waals surface area contributed by atoms with Gasteiger partial charge in [0.05, 0.1) is 22.6 Å². The van der Waals surface area contributed by atoms with E-state index in [0.717, 1.165) is 24.3 Å². The molecule has 0 unspecified atom stereocenters. The lowest BCUT2D eigenvalue weighted by atomic mass is 10.2. The maximum atomic E-state index is 13.2. The van der Waals surface area contributed by atoms with Crippen molar-refractivity contribution in [2.75, 3.05) is 23.8 Å². The number of nitrogens with zero attached hydrogens (tertiary/aromatic N) is 1. The Kier molecular flexibility index (Phi) is 8.84. The molecule has 8 nitrogen and oxygen atoms in total. The second kappa shape index (κ2) is 11.7. The molecule has 1 amide bonds. The van der Waals surface area contributed by atoms with Crippen LogP contribution in [0.15, 0.2) is 65.7 Å². The fraction of sp³-hybridized carbons (Fsp3) is 0.167. The Morgan fingerprint density at radius 1 is 1.13 bits per heavy atom. The molecule has 0 spiro atoms. The summed E-state index contributed by atoms with van der Waals surface area (Å²) in [5.74, 6) is -0.607. The lowest BCUT2D eigenvalue weighted by Crippen LogP contribution is -2.16. The minimum atomic E-state index is -4.87. The fourth-order valence-electron chi connectivity index (χ4n) is 3.07. The number of anilines is 2. The third-order valence-corrected chi connectivity index (χ3v) is 6.47. The summed E-state index contributed by atoms with van der Waals surface area (Å²) in [6.07, 6.45) is -1.43. The first-order valence-electron chi connectivity index (χ1n) is 10.6. The Bertz CT molecular complexity index is 1480. The summed E-state index contributed by atoms with van der Waals surface area (Å²) >= 11 is 5.60. The summed E-state index contributed by atoms with van der Waals surface area (Å²) in [6, 6.07) is 7.82. The minimum Gasteiger partial charge on any atom is -0.493 e. The molecule has 0 fully saturated rings. The number of pyridine rings is 1. The van der Waals surface area contributed by atoms with Crippen molar-refractivity contribution in [2.45, 2.75) is 18.0 Å². The predicted molar refractivity (Wildman–Crippen MR) is 133 cm³/mol. The number of alkyl halides is 4. The van der Waals surface area contributed by atoms with Gasteiger partial charge in [-0.05, 0) is 55.0 Å². The first-order chi connectivity index (χ1) is 17.8. The molecule has 3 rings (SSSR count). The largest absolute Gasteiger partial charge is 0.493 e. The van der Waals surface area contributed by atoms with Crippen molar-refractivity contribution in [1.82, 2.24) is 4.98 Å². The Hall–Kier alpha value is -3.84. The summed E-state index contributed by atoms with van der Waals surface area (Å²) in [5.41, 5.74) is -0.653. The van der Waals surface area contributed by atoms with Crippen LogP contribution in [0.1, 0.15) is 11.1 Å². The number of amides is 1. The summed E-state index contributed by atoms with van der Waals surface area (Å²) < 4.78 is 91.1. The molecule has 0 aliphatic carbocycles. The number of rotatable bonds is 9. The molecule has 0 saturated heterocycles. The molecule has 0 saturated carbocycles. The van der Waals surface area contributed by atoms with Gasteiger partial charge in [-0.15, -0.1) is 0 Å². The van der Waals surface area contributed by atoms with E-state index in [1.165, 1.54) is 37.6 Å². The van der Waals surface area contributed by atoms with Gasteiger partial charge in [0.15, 0.2) is 11.5 Å². The van der Waals surface area contributed by atoms with Gasteiger partial charge >= 0.3 is 6.18 Å². The fourth-order valence-corrected chi connectivity index (χ4v) is 4.37. The van der Waals surface area contributed by atoms with Crippen LogP contribution in [-0.2, 0) is 21.0 Å². The molecule has 0 atom stereocenters. The molecule has 1 aromatic heterocycles. The van der Waals surface area contributed by atoms with Crippen molar-refractivity contribution < 1.29 is 40.2 Å². The topological polar surface area (TPSA) is 107 Å². The molecule has 0 bridgehead atoms. The average Bonchev–Trinajstić information content (AvgIpc) is 2.84. The molecule has 0 aliphatic rings. The summed E-state index contributed by atoms with van der Waals surface area (Å²) in [7, 11) is -3.21. The number of allylic oxidation sites excluding steroid dienone is 1. The van der Waals surface area contributed by atoms with Crippen molar-refractivity contribution in [3.8, 4) is 17.4 Å². The number of hydrogen-bond donors (Lipinski definition) is 2. The smallest absolute Gasteiger partial charge is 0.417 e. The first kappa shape index (κ1) is 28.7. The highest BCUT2D eigenvalue weighted by atomic mass is 35.5. The highest BCUT2D eigenvalue weighted by Crippen LogP contribution is 2.38. The van der Waals surface area contributed by atoms with E-state index in [2.05, 4.69) is 15.0 Å². The monoisotopic (exact) mass is 573 g/mol. The average molecular weight is 574 g/mol. The van der Waals surface area contributed by atoms with Crippen molar-refractivity contribution in [3.63, 3.8) is 0 Å². The number of aryl methyl sites for hydroxylation is 1. The minimum absolute atomic E-state index is 0.0763. The Balaban J connectivity index is 1.92. The van der Waals surface area contributed by atoms with Crippen LogP contribution in [0.3, 0.4) is 0 Å². The molecule has 14 heteroatoms. The standard InChI is InChI=1S/C24H20ClF4N3O5S/c1-14-10-19(32-38(34,35)16-6-7-18(25)17(12-16)24(27,28)29)23(30-13-14)37-20-8-5-15(11-21(20)36-2)31-22(33)4-3-9-26/h3-8,10-13,32H,9H2,1-2H3,(H,31,33)/b4-3+. The number of carbonyl (C=O) groups is 1. The maximum Gasteiger partial charge on any atom is 0.417 e. The zero-order valence-corrected chi connectivity index (χ0v) is 21.3. The zero-order chi connectivity index (χ0) is 28.1. The van der Waals surface area contributed by atoms with E-state index in [9.17, 15) is 30.8 Å². The number of ether oxygens (including phenoxy) is 2. The highest BCUT2D eigenvalue weighted by molar-refractivity contribution is 7.92. The Morgan fingerprint density at radius 2 is 1.87 bits per heavy atom. The van der Waals surface area contributed by atoms with E-state index in [-0.39, 0.29) is 23.1 Å². The van der Waals surface area contributed by atoms with Crippen LogP contribution in [0.25, 0.3) is 0 Å². The number of nitrogens with one attached hydrogen (secondary N) is 2. The zero-order valence-electron chi connectivity index (χ0n) is 19.8. The van der Waals surface area contributed by atoms with Gasteiger partial charge in [-0.2, -0.15) is 13.2 Å². The van der Waals surface area contributed by atoms with Gasteiger partial charge in [-0.3, -0.25) is 9.52 Å². The Labute approximate surface area is 220 Å². The molecular weight excluding hydrogens is 554 g/mol. The molecule has 1 heterocycles. The number of hydrogen-bond acceptors (Lipinski definition) is 6. The molecule has 202 valence electrons. The molecule has 3 aromatic rings. The molecular formula is C24H20ClF4N3O5S. The van der Waals surface area contributed by atoms with E-state index in [4.69, 9.17) is 21.1 Å². The van der Waals surface area contributed by atoms with Crippen LogP contribution in [-0.4, -0.2) is 33.1 Å². The SMILES string of the molecule is COc1cc(NC(=O)/C=C/CF)ccc1Oc1ncc(C)cc1NS(=O)(=O)c1ccc(Cl)c(C(F)(F)F)c1. The molecule has 0 aliphatic heterocycles. The lowest BCUT2D eigenvalue weighted by molar-refractivity contribution is -0.137. The molecule has 2 N–H and O–H groups in total. The van der Waals surface area contributed by atoms with Gasteiger partial charge in [-0.1, -0.05) is 11.6 Å². The van der Waals surface area contributed by atoms with E-state index >= 15 is 0 Å². The molecule has 0 radical (unpaired) electrons. The summed E-state index contributed by atoms with van der Waals surface area (Å²) in [4.78, 5) is 15.2. The third kappa shape index (κ3) is 7.13. The van der Waals surface area contributed by atoms with Gasteiger partial charge in [0.1, 0.15) is 12.4 Å². The van der Waals surface area contributed by atoms with Crippen LogP contribution in [0.4, 0.5) is 28.9 Å². The highest BCUT2D eigenvalue weighted by Gasteiger charge is 2.34. The quantitative estimate of drug-likeness (QED) is 0.236. The van der Waals surface area contributed by atoms with Crippen LogP contribution in [0.2, 0.25) is 5.02 Å². The van der Waals surface area contributed by atoms with Crippen molar-refractivity contribution in [1.29, 1.82) is 0 Å². The summed E-state index contributed by atoms with van der Waals surface area (Å²) in [6.45, 7) is 0.814. The van der Waals surface area contributed by atoms with Crippen LogP contribution < -0.4 is 19.5 Å². The number of aromatic nitrogens is 1. The number of halogens is 5. The van der Waals surface area contributed by atoms with E-state index in [0.29, 0.717) is 17.3 Å². The van der Waals surface area contributed by atoms with Crippen molar-refractivity contribution in [2.24, 2.45) is 0 Å². The third-order valence-electron chi connectivity index (χ3n) is 4.78. The van der Waals surface area contributed by atoms with Crippen LogP contribution in [0, 0.1) is 6.92 Å². The van der Waals surface area contributed by atoms with Gasteiger partial charge in [-0.25, -0.2) is 17.8 Å². The summed E-state index contributed by atoms with van der Waals surface area (Å²) in [5, 5.41) is 1.85. The molecule has 2 aromatic carbocycles. The Morgan fingerprint density at radius 3 is 2.53 bits per heavy atom. The first-order valence-corrected chi connectivity index (χ1v) is 12.5. The van der Waals surface area contributed by atoms with Gasteiger partial charge < -0.3 is 14.8 Å². The number of carbonyl (C=O) groups excluding carboxylic acids is 1. The van der Waals surface area contributed by atoms with Crippen LogP contribution in [0.5, 0.6) is 17.4 Å². The van der Waals surface area contributed by atoms with E-state index < -0.39 is 44.3 Å². The second-order valence-electron chi connectivity index (χ2n) is 7.62. The lowest BCUT2D eigenvalue weighted by Gasteiger charge is -2.16. The van der Waals surface area contributed by atoms with Crippen molar-refractivity contribution >= 4 is 38.9 Å². The normalized spacial score (nSPS) is 11.9. The van der Waals surface area contributed by atoms with Gasteiger partial charge in [0.25, 0.3) is 10.0 Å². The number of benzene rings is 2. The van der Waals surface area contributed by atoms with E-state index in [1.807, 2.05) is 0 Å². The second-order valence-corrected chi connectivity index (χ2v) is 9.71. The predicted octanol–water partition coefficient (Wildman–Crippen LogP) is 6.13. The van der Waals surface area contributed by atoms with Gasteiger partial charge in [0, 0.05) is 24.0 Å². The van der Waals surface area contributed by atoms with Crippen molar-refractivity contribution in [3.05, 3.63) is 77.0 Å². The van der Waals surface area contributed by atoms with E-state index in [1.54, 1.807) is 6.92 Å². The van der Waals surface area contributed by atoms with Crippen LogP contribution >= 0.6 is 11.6 Å². The maximum absolute atomic E-state index is 13.2.